The van der Waals surface area contributed by atoms with Crippen LogP contribution in [0.1, 0.15) is 31.2 Å². The summed E-state index contributed by atoms with van der Waals surface area (Å²) in [5, 5.41) is 0. The molecule has 0 unspecified atom stereocenters. The largest absolute Gasteiger partial charge is 0.299 e. The van der Waals surface area contributed by atoms with Gasteiger partial charge in [0.05, 0.1) is 0 Å². The summed E-state index contributed by atoms with van der Waals surface area (Å²) in [6.45, 7) is 6.35. The molecule has 1 aromatic rings. The van der Waals surface area contributed by atoms with Gasteiger partial charge in [-0.2, -0.15) is 0 Å². The minimum Gasteiger partial charge on any atom is -0.299 e. The maximum Gasteiger partial charge on any atom is 0.0235 e. The van der Waals surface area contributed by atoms with E-state index in [4.69, 9.17) is 0 Å². The lowest BCUT2D eigenvalue weighted by molar-refractivity contribution is 0.161. The fourth-order valence-corrected chi connectivity index (χ4v) is 3.38. The van der Waals surface area contributed by atoms with Crippen LogP contribution >= 0.6 is 0 Å². The van der Waals surface area contributed by atoms with Crippen LogP contribution in [0, 0.1) is 0 Å². The molecule has 2 aliphatic rings. The van der Waals surface area contributed by atoms with E-state index < -0.39 is 0 Å². The van der Waals surface area contributed by atoms with Crippen LogP contribution in [0.4, 0.5) is 0 Å². The topological polar surface area (TPSA) is 6.48 Å². The van der Waals surface area contributed by atoms with Crippen LogP contribution in [0.15, 0.2) is 30.3 Å². The van der Waals surface area contributed by atoms with Crippen LogP contribution in [-0.4, -0.2) is 42.0 Å². The third-order valence-corrected chi connectivity index (χ3v) is 4.40. The van der Waals surface area contributed by atoms with Gasteiger partial charge in [-0.3, -0.25) is 9.80 Å². The normalized spacial score (nSPS) is 26.6. The standard InChI is InChI=1S/C16H24N2/c1-3-7-15(8-4-1)13-17-12-9-16(14-17)18-10-5-2-6-11-18/h1,3-4,7-8,16H,2,5-6,9-14H2/t16-/m0/s1. The molecule has 3 rings (SSSR count). The number of piperidine rings is 1. The van der Waals surface area contributed by atoms with Crippen molar-refractivity contribution in [3.8, 4) is 0 Å². The molecule has 0 saturated carbocycles. The lowest BCUT2D eigenvalue weighted by Gasteiger charge is -2.32. The Kier molecular flexibility index (Phi) is 3.96. The maximum absolute atomic E-state index is 2.73. The van der Waals surface area contributed by atoms with Crippen LogP contribution in [0.5, 0.6) is 0 Å². The zero-order valence-corrected chi connectivity index (χ0v) is 11.2. The molecule has 0 spiro atoms. The second-order valence-corrected chi connectivity index (χ2v) is 5.76. The van der Waals surface area contributed by atoms with Gasteiger partial charge in [-0.25, -0.2) is 0 Å². The van der Waals surface area contributed by atoms with E-state index in [0.717, 1.165) is 12.6 Å². The summed E-state index contributed by atoms with van der Waals surface area (Å²) >= 11 is 0. The summed E-state index contributed by atoms with van der Waals surface area (Å²) in [6, 6.07) is 11.7. The first-order chi connectivity index (χ1) is 8.92. The molecule has 2 heterocycles. The fraction of sp³-hybridized carbons (Fsp3) is 0.625. The van der Waals surface area contributed by atoms with Crippen LogP contribution < -0.4 is 0 Å². The van der Waals surface area contributed by atoms with Crippen molar-refractivity contribution in [2.75, 3.05) is 26.2 Å². The van der Waals surface area contributed by atoms with Gasteiger partial charge in [0.2, 0.25) is 0 Å². The van der Waals surface area contributed by atoms with Gasteiger partial charge in [0.1, 0.15) is 0 Å². The average molecular weight is 244 g/mol. The van der Waals surface area contributed by atoms with Crippen molar-refractivity contribution >= 4 is 0 Å². The number of hydrogen-bond acceptors (Lipinski definition) is 2. The number of likely N-dealkylation sites (tertiary alicyclic amines) is 2. The maximum atomic E-state index is 2.73. The summed E-state index contributed by atoms with van der Waals surface area (Å²) in [7, 11) is 0. The van der Waals surface area contributed by atoms with Crippen LogP contribution in [0.2, 0.25) is 0 Å². The van der Waals surface area contributed by atoms with Gasteiger partial charge in [-0.05, 0) is 37.9 Å². The zero-order chi connectivity index (χ0) is 12.2. The van der Waals surface area contributed by atoms with Crippen molar-refractivity contribution in [3.05, 3.63) is 35.9 Å². The molecule has 18 heavy (non-hydrogen) atoms. The lowest BCUT2D eigenvalue weighted by Crippen LogP contribution is -2.40. The van der Waals surface area contributed by atoms with E-state index in [2.05, 4.69) is 40.1 Å². The molecule has 0 radical (unpaired) electrons. The fourth-order valence-electron chi connectivity index (χ4n) is 3.38. The van der Waals surface area contributed by atoms with Crippen molar-refractivity contribution in [3.63, 3.8) is 0 Å². The van der Waals surface area contributed by atoms with Crippen molar-refractivity contribution in [2.45, 2.75) is 38.3 Å². The highest BCUT2D eigenvalue weighted by atomic mass is 15.3. The van der Waals surface area contributed by atoms with E-state index in [1.165, 1.54) is 57.4 Å². The molecule has 2 heteroatoms. The van der Waals surface area contributed by atoms with Gasteiger partial charge in [0, 0.05) is 25.7 Å². The summed E-state index contributed by atoms with van der Waals surface area (Å²) < 4.78 is 0. The SMILES string of the molecule is c1ccc(CN2CC[C@H](N3CCCCC3)C2)cc1. The smallest absolute Gasteiger partial charge is 0.0235 e. The third kappa shape index (κ3) is 2.93. The number of hydrogen-bond donors (Lipinski definition) is 0. The van der Waals surface area contributed by atoms with E-state index in [1.54, 1.807) is 0 Å². The first kappa shape index (κ1) is 12.2. The van der Waals surface area contributed by atoms with Gasteiger partial charge in [-0.1, -0.05) is 36.8 Å². The van der Waals surface area contributed by atoms with Gasteiger partial charge in [-0.15, -0.1) is 0 Å². The average Bonchev–Trinajstić information content (AvgIpc) is 2.89. The zero-order valence-electron chi connectivity index (χ0n) is 11.2. The van der Waals surface area contributed by atoms with Crippen molar-refractivity contribution in [2.24, 2.45) is 0 Å². The highest BCUT2D eigenvalue weighted by Crippen LogP contribution is 2.21. The molecule has 98 valence electrons. The summed E-state index contributed by atoms with van der Waals surface area (Å²) in [5.74, 6) is 0. The minimum absolute atomic E-state index is 0.828. The molecule has 2 fully saturated rings. The minimum atomic E-state index is 0.828. The first-order valence-electron chi connectivity index (χ1n) is 7.42. The number of nitrogens with zero attached hydrogens (tertiary/aromatic N) is 2. The van der Waals surface area contributed by atoms with E-state index in [0.29, 0.717) is 0 Å². The summed E-state index contributed by atoms with van der Waals surface area (Å²) in [4.78, 5) is 5.35. The van der Waals surface area contributed by atoms with Gasteiger partial charge < -0.3 is 0 Å². The quantitative estimate of drug-likeness (QED) is 0.806. The van der Waals surface area contributed by atoms with Gasteiger partial charge in [0.25, 0.3) is 0 Å². The molecule has 0 aromatic heterocycles. The number of rotatable bonds is 3. The Morgan fingerprint density at radius 3 is 2.50 bits per heavy atom. The van der Waals surface area contributed by atoms with Crippen molar-refractivity contribution in [1.82, 2.24) is 9.80 Å². The molecule has 2 saturated heterocycles. The molecule has 0 aliphatic carbocycles. The molecule has 0 N–H and O–H groups in total. The molecule has 0 bridgehead atoms. The van der Waals surface area contributed by atoms with Crippen LogP contribution in [-0.2, 0) is 6.54 Å². The van der Waals surface area contributed by atoms with Gasteiger partial charge >= 0.3 is 0 Å². The highest BCUT2D eigenvalue weighted by molar-refractivity contribution is 5.14. The van der Waals surface area contributed by atoms with E-state index in [9.17, 15) is 0 Å². The van der Waals surface area contributed by atoms with Crippen molar-refractivity contribution < 1.29 is 0 Å². The number of benzene rings is 1. The third-order valence-electron chi connectivity index (χ3n) is 4.40. The van der Waals surface area contributed by atoms with Gasteiger partial charge in [0.15, 0.2) is 0 Å². The second kappa shape index (κ2) is 5.85. The monoisotopic (exact) mass is 244 g/mol. The molecular formula is C16H24N2. The Morgan fingerprint density at radius 2 is 1.72 bits per heavy atom. The molecule has 0 amide bonds. The van der Waals surface area contributed by atoms with E-state index >= 15 is 0 Å². The van der Waals surface area contributed by atoms with Crippen molar-refractivity contribution in [1.29, 1.82) is 0 Å². The predicted molar refractivity (Wildman–Crippen MR) is 75.5 cm³/mol. The molecular weight excluding hydrogens is 220 g/mol. The Bertz CT molecular complexity index is 357. The first-order valence-corrected chi connectivity index (χ1v) is 7.42. The van der Waals surface area contributed by atoms with Crippen LogP contribution in [0.25, 0.3) is 0 Å². The second-order valence-electron chi connectivity index (χ2n) is 5.76. The Hall–Kier alpha value is -0.860. The molecule has 1 aromatic carbocycles. The molecule has 1 atom stereocenters. The lowest BCUT2D eigenvalue weighted by atomic mass is 10.1. The molecule has 2 aliphatic heterocycles. The van der Waals surface area contributed by atoms with Crippen LogP contribution in [0.3, 0.4) is 0 Å². The predicted octanol–water partition coefficient (Wildman–Crippen LogP) is 2.75. The Balaban J connectivity index is 1.52. The molecule has 2 nitrogen and oxygen atoms in total. The Morgan fingerprint density at radius 1 is 0.944 bits per heavy atom. The summed E-state index contributed by atoms with van der Waals surface area (Å²) in [5.41, 5.74) is 1.46. The Labute approximate surface area is 111 Å². The van der Waals surface area contributed by atoms with E-state index in [1.807, 2.05) is 0 Å². The van der Waals surface area contributed by atoms with E-state index in [-0.39, 0.29) is 0 Å². The summed E-state index contributed by atoms with van der Waals surface area (Å²) in [6.07, 6.45) is 5.63. The highest BCUT2D eigenvalue weighted by Gasteiger charge is 2.28.